The largest absolute Gasteiger partial charge is 0.467 e. The Morgan fingerprint density at radius 3 is 2.76 bits per heavy atom. The van der Waals surface area contributed by atoms with Crippen molar-refractivity contribution in [3.8, 4) is 0 Å². The number of hydrogen-bond donors (Lipinski definition) is 2. The summed E-state index contributed by atoms with van der Waals surface area (Å²) in [6.07, 6.45) is 5.43. The van der Waals surface area contributed by atoms with Gasteiger partial charge >= 0.3 is 6.03 Å². The molecule has 1 fully saturated rings. The molecule has 25 heavy (non-hydrogen) atoms. The van der Waals surface area contributed by atoms with Crippen LogP contribution in [0.4, 0.5) is 10.5 Å². The second-order valence-electron chi connectivity index (χ2n) is 6.08. The van der Waals surface area contributed by atoms with Crippen molar-refractivity contribution in [3.63, 3.8) is 0 Å². The van der Waals surface area contributed by atoms with Gasteiger partial charge in [-0.25, -0.2) is 18.4 Å². The maximum atomic E-state index is 12.8. The molecule has 0 unspecified atom stereocenters. The van der Waals surface area contributed by atoms with E-state index in [9.17, 15) is 13.2 Å². The highest BCUT2D eigenvalue weighted by molar-refractivity contribution is 7.89. The van der Waals surface area contributed by atoms with Crippen molar-refractivity contribution >= 4 is 21.7 Å². The number of urea groups is 1. The molecule has 0 spiro atoms. The van der Waals surface area contributed by atoms with Gasteiger partial charge in [0, 0.05) is 12.2 Å². The Morgan fingerprint density at radius 1 is 1.20 bits per heavy atom. The summed E-state index contributed by atoms with van der Waals surface area (Å²) in [5.74, 6) is 0.760. The van der Waals surface area contributed by atoms with Gasteiger partial charge in [0.25, 0.3) is 0 Å². The van der Waals surface area contributed by atoms with Gasteiger partial charge in [-0.1, -0.05) is 18.9 Å². The van der Waals surface area contributed by atoms with Crippen molar-refractivity contribution in [2.24, 2.45) is 5.14 Å². The average Bonchev–Trinajstić information content (AvgIpc) is 2.98. The third kappa shape index (κ3) is 4.21. The summed E-state index contributed by atoms with van der Waals surface area (Å²) >= 11 is 0. The van der Waals surface area contributed by atoms with Crippen LogP contribution in [0.1, 0.15) is 37.5 Å². The number of sulfonamides is 1. The Bertz CT molecular complexity index is 833. The molecule has 3 N–H and O–H groups in total. The third-order valence-electron chi connectivity index (χ3n) is 4.30. The molecule has 1 aromatic carbocycles. The first-order chi connectivity index (χ1) is 11.9. The quantitative estimate of drug-likeness (QED) is 0.874. The van der Waals surface area contributed by atoms with Crippen molar-refractivity contribution in [1.29, 1.82) is 0 Å². The zero-order chi connectivity index (χ0) is 17.9. The summed E-state index contributed by atoms with van der Waals surface area (Å²) in [6.45, 7) is 0.617. The van der Waals surface area contributed by atoms with E-state index in [1.807, 2.05) is 12.1 Å². The van der Waals surface area contributed by atoms with E-state index in [0.29, 0.717) is 12.2 Å². The van der Waals surface area contributed by atoms with Crippen LogP contribution < -0.4 is 10.5 Å². The molecule has 1 saturated heterocycles. The number of likely N-dealkylation sites (tertiary alicyclic amines) is 1. The number of hydrogen-bond acceptors (Lipinski definition) is 4. The molecule has 1 aliphatic rings. The van der Waals surface area contributed by atoms with Crippen LogP contribution in [0.2, 0.25) is 0 Å². The zero-order valence-electron chi connectivity index (χ0n) is 13.7. The second kappa shape index (κ2) is 7.28. The highest BCUT2D eigenvalue weighted by Crippen LogP contribution is 2.31. The van der Waals surface area contributed by atoms with Gasteiger partial charge in [0.05, 0.1) is 17.2 Å². The van der Waals surface area contributed by atoms with Crippen LogP contribution in [0.25, 0.3) is 0 Å². The SMILES string of the molecule is NS(=O)(=O)c1cccc(NC(=O)N2CCCCC[C@H]2c2ccco2)c1. The zero-order valence-corrected chi connectivity index (χ0v) is 14.5. The van der Waals surface area contributed by atoms with Crippen molar-refractivity contribution in [2.75, 3.05) is 11.9 Å². The number of benzene rings is 1. The van der Waals surface area contributed by atoms with E-state index in [1.165, 1.54) is 12.1 Å². The smallest absolute Gasteiger partial charge is 0.322 e. The molecular weight excluding hydrogens is 342 g/mol. The lowest BCUT2D eigenvalue weighted by atomic mass is 10.1. The number of primary sulfonamides is 1. The van der Waals surface area contributed by atoms with E-state index >= 15 is 0 Å². The van der Waals surface area contributed by atoms with Crippen molar-refractivity contribution in [1.82, 2.24) is 4.90 Å². The normalized spacial score (nSPS) is 18.6. The topological polar surface area (TPSA) is 106 Å². The fourth-order valence-corrected chi connectivity index (χ4v) is 3.63. The summed E-state index contributed by atoms with van der Waals surface area (Å²) < 4.78 is 28.4. The minimum atomic E-state index is -3.82. The van der Waals surface area contributed by atoms with Crippen LogP contribution in [0.5, 0.6) is 0 Å². The average molecular weight is 363 g/mol. The summed E-state index contributed by atoms with van der Waals surface area (Å²) in [5, 5.41) is 7.91. The van der Waals surface area contributed by atoms with E-state index in [0.717, 1.165) is 31.4 Å². The van der Waals surface area contributed by atoms with E-state index < -0.39 is 10.0 Å². The van der Waals surface area contributed by atoms with Gasteiger partial charge in [0.15, 0.2) is 0 Å². The fourth-order valence-electron chi connectivity index (χ4n) is 3.07. The molecule has 0 bridgehead atoms. The van der Waals surface area contributed by atoms with E-state index in [1.54, 1.807) is 23.3 Å². The minimum absolute atomic E-state index is 0.0382. The van der Waals surface area contributed by atoms with Crippen molar-refractivity contribution in [3.05, 3.63) is 48.4 Å². The summed E-state index contributed by atoms with van der Waals surface area (Å²) in [7, 11) is -3.82. The lowest BCUT2D eigenvalue weighted by Crippen LogP contribution is -2.38. The number of carbonyl (C=O) groups is 1. The first kappa shape index (κ1) is 17.5. The number of nitrogens with one attached hydrogen (secondary N) is 1. The molecule has 0 saturated carbocycles. The Kier molecular flexibility index (Phi) is 5.10. The molecule has 134 valence electrons. The first-order valence-electron chi connectivity index (χ1n) is 8.19. The number of nitrogens with two attached hydrogens (primary N) is 1. The van der Waals surface area contributed by atoms with E-state index in [2.05, 4.69) is 5.32 Å². The number of furan rings is 1. The molecule has 7 nitrogen and oxygen atoms in total. The molecule has 1 aliphatic heterocycles. The second-order valence-corrected chi connectivity index (χ2v) is 7.64. The highest BCUT2D eigenvalue weighted by Gasteiger charge is 2.28. The summed E-state index contributed by atoms with van der Waals surface area (Å²) in [6, 6.07) is 9.20. The summed E-state index contributed by atoms with van der Waals surface area (Å²) in [5.41, 5.74) is 0.388. The Morgan fingerprint density at radius 2 is 2.04 bits per heavy atom. The van der Waals surface area contributed by atoms with Crippen LogP contribution >= 0.6 is 0 Å². The minimum Gasteiger partial charge on any atom is -0.467 e. The Labute approximate surface area is 146 Å². The van der Waals surface area contributed by atoms with Crippen LogP contribution in [-0.2, 0) is 10.0 Å². The summed E-state index contributed by atoms with van der Waals surface area (Å²) in [4.78, 5) is 14.5. The van der Waals surface area contributed by atoms with Gasteiger partial charge in [-0.05, 0) is 43.2 Å². The molecule has 8 heteroatoms. The number of amides is 2. The number of carbonyl (C=O) groups excluding carboxylic acids is 1. The van der Waals surface area contributed by atoms with Crippen LogP contribution in [0.3, 0.4) is 0 Å². The van der Waals surface area contributed by atoms with Gasteiger partial charge in [0.2, 0.25) is 10.0 Å². The fraction of sp³-hybridized carbons (Fsp3) is 0.353. The third-order valence-corrected chi connectivity index (χ3v) is 5.21. The molecule has 0 radical (unpaired) electrons. The Hall–Kier alpha value is -2.32. The van der Waals surface area contributed by atoms with Crippen LogP contribution in [0, 0.1) is 0 Å². The molecule has 0 aliphatic carbocycles. The Balaban J connectivity index is 1.81. The molecule has 2 amide bonds. The van der Waals surface area contributed by atoms with Gasteiger partial charge in [0.1, 0.15) is 5.76 Å². The molecule has 2 aromatic rings. The maximum absolute atomic E-state index is 12.8. The van der Waals surface area contributed by atoms with Gasteiger partial charge in [-0.15, -0.1) is 0 Å². The molecule has 1 aromatic heterocycles. The lowest BCUT2D eigenvalue weighted by Gasteiger charge is -2.28. The van der Waals surface area contributed by atoms with Crippen LogP contribution in [-0.4, -0.2) is 25.9 Å². The highest BCUT2D eigenvalue weighted by atomic mass is 32.2. The standard InChI is InChI=1S/C17H21N3O4S/c18-25(22,23)14-7-4-6-13(12-14)19-17(21)20-10-3-1-2-8-15(20)16-9-5-11-24-16/h4-7,9,11-12,15H,1-3,8,10H2,(H,19,21)(H2,18,22,23)/t15-/m0/s1. The van der Waals surface area contributed by atoms with Crippen molar-refractivity contribution < 1.29 is 17.6 Å². The maximum Gasteiger partial charge on any atom is 0.322 e. The molecular formula is C17H21N3O4S. The number of rotatable bonds is 3. The van der Waals surface area contributed by atoms with Gasteiger partial charge in [-0.3, -0.25) is 0 Å². The molecule has 1 atom stereocenters. The van der Waals surface area contributed by atoms with E-state index in [-0.39, 0.29) is 17.0 Å². The number of anilines is 1. The van der Waals surface area contributed by atoms with Gasteiger partial charge < -0.3 is 14.6 Å². The predicted molar refractivity (Wildman–Crippen MR) is 93.5 cm³/mol. The van der Waals surface area contributed by atoms with Crippen LogP contribution in [0.15, 0.2) is 52.0 Å². The van der Waals surface area contributed by atoms with Crippen molar-refractivity contribution in [2.45, 2.75) is 36.6 Å². The monoisotopic (exact) mass is 363 g/mol. The van der Waals surface area contributed by atoms with Gasteiger partial charge in [-0.2, -0.15) is 0 Å². The lowest BCUT2D eigenvalue weighted by molar-refractivity contribution is 0.179. The van der Waals surface area contributed by atoms with E-state index in [4.69, 9.17) is 9.56 Å². The first-order valence-corrected chi connectivity index (χ1v) is 9.74. The molecule has 2 heterocycles. The number of nitrogens with zero attached hydrogens (tertiary/aromatic N) is 1. The predicted octanol–water partition coefficient (Wildman–Crippen LogP) is 3.08. The molecule has 3 rings (SSSR count).